The maximum atomic E-state index is 11.8. The van der Waals surface area contributed by atoms with Crippen LogP contribution in [0.2, 0.25) is 0 Å². The minimum absolute atomic E-state index is 0.0518. The van der Waals surface area contributed by atoms with Crippen LogP contribution in [0.15, 0.2) is 30.3 Å². The molecule has 1 atom stereocenters. The monoisotopic (exact) mass is 266 g/mol. The summed E-state index contributed by atoms with van der Waals surface area (Å²) in [5, 5.41) is 0. The van der Waals surface area contributed by atoms with Crippen LogP contribution < -0.4 is 5.73 Å². The fourth-order valence-corrected chi connectivity index (χ4v) is 2.15. The van der Waals surface area contributed by atoms with Crippen LogP contribution in [0.4, 0.5) is 0 Å². The van der Waals surface area contributed by atoms with Gasteiger partial charge < -0.3 is 10.6 Å². The Labute approximate surface area is 114 Å². The predicted octanol–water partition coefficient (Wildman–Crippen LogP) is 2.29. The number of nitrogens with zero attached hydrogens (tertiary/aromatic N) is 1. The van der Waals surface area contributed by atoms with Crippen molar-refractivity contribution in [2.24, 2.45) is 5.73 Å². The molecule has 100 valence electrons. The van der Waals surface area contributed by atoms with E-state index in [0.717, 1.165) is 17.9 Å². The molecule has 0 spiro atoms. The van der Waals surface area contributed by atoms with Crippen LogP contribution in [0, 0.1) is 0 Å². The van der Waals surface area contributed by atoms with Crippen molar-refractivity contribution >= 4 is 17.7 Å². The summed E-state index contributed by atoms with van der Waals surface area (Å²) in [7, 11) is 1.85. The first-order valence-corrected chi connectivity index (χ1v) is 7.58. The van der Waals surface area contributed by atoms with Crippen LogP contribution >= 0.6 is 11.8 Å². The van der Waals surface area contributed by atoms with Crippen LogP contribution in [0.25, 0.3) is 0 Å². The molecule has 4 heteroatoms. The minimum atomic E-state index is -0.0518. The SMILES string of the molecule is CSCCN(C)C(=O)CCC(N)c1ccccc1. The standard InChI is InChI=1S/C14H22N2OS/c1-16(10-11-18-2)14(17)9-8-13(15)12-6-4-3-5-7-12/h3-7,13H,8-11,15H2,1-2H3. The smallest absolute Gasteiger partial charge is 0.222 e. The number of carbonyl (C=O) groups excluding carboxylic acids is 1. The Morgan fingerprint density at radius 2 is 2.06 bits per heavy atom. The fraction of sp³-hybridized carbons (Fsp3) is 0.500. The van der Waals surface area contributed by atoms with E-state index in [0.29, 0.717) is 12.8 Å². The lowest BCUT2D eigenvalue weighted by atomic mass is 10.0. The van der Waals surface area contributed by atoms with E-state index in [1.807, 2.05) is 43.6 Å². The van der Waals surface area contributed by atoms with Crippen LogP contribution in [0.1, 0.15) is 24.4 Å². The highest BCUT2D eigenvalue weighted by molar-refractivity contribution is 7.98. The van der Waals surface area contributed by atoms with Crippen molar-refractivity contribution in [1.82, 2.24) is 4.90 Å². The van der Waals surface area contributed by atoms with Gasteiger partial charge in [-0.3, -0.25) is 4.79 Å². The third kappa shape index (κ3) is 5.10. The van der Waals surface area contributed by atoms with E-state index < -0.39 is 0 Å². The number of hydrogen-bond acceptors (Lipinski definition) is 3. The van der Waals surface area contributed by atoms with E-state index in [-0.39, 0.29) is 11.9 Å². The highest BCUT2D eigenvalue weighted by Crippen LogP contribution is 2.15. The Morgan fingerprint density at radius 1 is 1.39 bits per heavy atom. The van der Waals surface area contributed by atoms with Crippen molar-refractivity contribution in [2.45, 2.75) is 18.9 Å². The maximum absolute atomic E-state index is 11.8. The Bertz CT molecular complexity index is 356. The van der Waals surface area contributed by atoms with Gasteiger partial charge in [0.1, 0.15) is 0 Å². The molecule has 0 aliphatic heterocycles. The molecule has 18 heavy (non-hydrogen) atoms. The van der Waals surface area contributed by atoms with E-state index in [9.17, 15) is 4.79 Å². The van der Waals surface area contributed by atoms with Gasteiger partial charge in [-0.2, -0.15) is 11.8 Å². The molecule has 2 N–H and O–H groups in total. The number of carbonyl (C=O) groups is 1. The van der Waals surface area contributed by atoms with Crippen molar-refractivity contribution < 1.29 is 4.79 Å². The van der Waals surface area contributed by atoms with Gasteiger partial charge in [-0.15, -0.1) is 0 Å². The van der Waals surface area contributed by atoms with Gasteiger partial charge in [-0.25, -0.2) is 0 Å². The average molecular weight is 266 g/mol. The van der Waals surface area contributed by atoms with Gasteiger partial charge in [-0.05, 0) is 18.2 Å². The van der Waals surface area contributed by atoms with Gasteiger partial charge in [0, 0.05) is 31.8 Å². The van der Waals surface area contributed by atoms with Crippen molar-refractivity contribution in [1.29, 1.82) is 0 Å². The maximum Gasteiger partial charge on any atom is 0.222 e. The third-order valence-corrected chi connectivity index (χ3v) is 3.54. The summed E-state index contributed by atoms with van der Waals surface area (Å²) in [6.07, 6.45) is 3.26. The molecule has 0 saturated carbocycles. The first-order valence-electron chi connectivity index (χ1n) is 6.18. The van der Waals surface area contributed by atoms with Crippen molar-refractivity contribution in [3.63, 3.8) is 0 Å². The van der Waals surface area contributed by atoms with E-state index in [1.54, 1.807) is 16.7 Å². The molecule has 1 amide bonds. The average Bonchev–Trinajstić information content (AvgIpc) is 2.42. The van der Waals surface area contributed by atoms with Gasteiger partial charge in [0.2, 0.25) is 5.91 Å². The summed E-state index contributed by atoms with van der Waals surface area (Å²) in [5.74, 6) is 1.16. The zero-order valence-corrected chi connectivity index (χ0v) is 12.0. The van der Waals surface area contributed by atoms with Crippen LogP contribution in [-0.4, -0.2) is 36.4 Å². The summed E-state index contributed by atoms with van der Waals surface area (Å²) in [5.41, 5.74) is 7.16. The summed E-state index contributed by atoms with van der Waals surface area (Å²) < 4.78 is 0. The van der Waals surface area contributed by atoms with Crippen molar-refractivity contribution in [3.05, 3.63) is 35.9 Å². The molecule has 1 rings (SSSR count). The van der Waals surface area contributed by atoms with Crippen LogP contribution in [0.5, 0.6) is 0 Å². The summed E-state index contributed by atoms with van der Waals surface area (Å²) in [6.45, 7) is 0.806. The molecule has 0 aliphatic rings. The number of nitrogens with two attached hydrogens (primary N) is 1. The van der Waals surface area contributed by atoms with E-state index in [1.165, 1.54) is 0 Å². The van der Waals surface area contributed by atoms with E-state index in [2.05, 4.69) is 0 Å². The summed E-state index contributed by atoms with van der Waals surface area (Å²) >= 11 is 1.75. The van der Waals surface area contributed by atoms with Crippen LogP contribution in [-0.2, 0) is 4.79 Å². The molecular formula is C14H22N2OS. The molecule has 0 fully saturated rings. The number of amides is 1. The molecule has 3 nitrogen and oxygen atoms in total. The first-order chi connectivity index (χ1) is 8.65. The second-order valence-corrected chi connectivity index (χ2v) is 5.35. The highest BCUT2D eigenvalue weighted by Gasteiger charge is 2.11. The zero-order valence-electron chi connectivity index (χ0n) is 11.1. The number of thioether (sulfide) groups is 1. The Hall–Kier alpha value is -1.00. The molecule has 1 aromatic carbocycles. The molecule has 0 bridgehead atoms. The molecule has 0 aliphatic carbocycles. The molecular weight excluding hydrogens is 244 g/mol. The predicted molar refractivity (Wildman–Crippen MR) is 78.6 cm³/mol. The second kappa shape index (κ2) is 8.16. The summed E-state index contributed by atoms with van der Waals surface area (Å²) in [6, 6.07) is 9.88. The summed E-state index contributed by atoms with van der Waals surface area (Å²) in [4.78, 5) is 13.6. The number of rotatable bonds is 7. The Balaban J connectivity index is 2.34. The first kappa shape index (κ1) is 15.1. The van der Waals surface area contributed by atoms with Crippen molar-refractivity contribution in [2.75, 3.05) is 25.6 Å². The third-order valence-electron chi connectivity index (χ3n) is 2.95. The normalized spacial score (nSPS) is 12.2. The number of benzene rings is 1. The fourth-order valence-electron chi connectivity index (χ4n) is 1.69. The molecule has 1 unspecified atom stereocenters. The lowest BCUT2D eigenvalue weighted by molar-refractivity contribution is -0.129. The van der Waals surface area contributed by atoms with E-state index >= 15 is 0 Å². The highest BCUT2D eigenvalue weighted by atomic mass is 32.2. The van der Waals surface area contributed by atoms with Crippen LogP contribution in [0.3, 0.4) is 0 Å². The lowest BCUT2D eigenvalue weighted by Gasteiger charge is -2.18. The molecule has 0 radical (unpaired) electrons. The molecule has 0 saturated heterocycles. The minimum Gasteiger partial charge on any atom is -0.345 e. The van der Waals surface area contributed by atoms with Gasteiger partial charge in [0.05, 0.1) is 0 Å². The quantitative estimate of drug-likeness (QED) is 0.823. The second-order valence-electron chi connectivity index (χ2n) is 4.36. The molecule has 0 aromatic heterocycles. The van der Waals surface area contributed by atoms with Crippen molar-refractivity contribution in [3.8, 4) is 0 Å². The molecule has 0 heterocycles. The Morgan fingerprint density at radius 3 is 2.67 bits per heavy atom. The number of hydrogen-bond donors (Lipinski definition) is 1. The molecule has 1 aromatic rings. The largest absolute Gasteiger partial charge is 0.345 e. The topological polar surface area (TPSA) is 46.3 Å². The van der Waals surface area contributed by atoms with Gasteiger partial charge in [-0.1, -0.05) is 30.3 Å². The Kier molecular flexibility index (Phi) is 6.83. The van der Waals surface area contributed by atoms with E-state index in [4.69, 9.17) is 5.73 Å². The zero-order chi connectivity index (χ0) is 13.4. The van der Waals surface area contributed by atoms with Gasteiger partial charge >= 0.3 is 0 Å². The van der Waals surface area contributed by atoms with Gasteiger partial charge in [0.15, 0.2) is 0 Å². The van der Waals surface area contributed by atoms with Gasteiger partial charge in [0.25, 0.3) is 0 Å². The lowest BCUT2D eigenvalue weighted by Crippen LogP contribution is -2.29.